The number of carboxylic acid groups (broad SMARTS) is 2. The lowest BCUT2D eigenvalue weighted by Gasteiger charge is -2.20. The van der Waals surface area contributed by atoms with Crippen LogP contribution in [0.3, 0.4) is 0 Å². The molecule has 1 rings (SSSR count). The molecule has 0 aliphatic carbocycles. The van der Waals surface area contributed by atoms with E-state index < -0.39 is 18.0 Å². The van der Waals surface area contributed by atoms with Crippen LogP contribution in [0.2, 0.25) is 0 Å². The van der Waals surface area contributed by atoms with Crippen LogP contribution in [0.5, 0.6) is 0 Å². The van der Waals surface area contributed by atoms with Gasteiger partial charge in [0.1, 0.15) is 6.04 Å². The highest BCUT2D eigenvalue weighted by Gasteiger charge is 2.25. The molecule has 1 heterocycles. The number of aromatic carboxylic acids is 1. The first kappa shape index (κ1) is 14.3. The molecule has 0 aromatic carbocycles. The fourth-order valence-electron chi connectivity index (χ4n) is 2.20. The molecule has 0 amide bonds. The molecule has 1 unspecified atom stereocenters. The van der Waals surface area contributed by atoms with Crippen molar-refractivity contribution in [1.29, 1.82) is 0 Å². The van der Waals surface area contributed by atoms with Gasteiger partial charge in [0.15, 0.2) is 0 Å². The maximum absolute atomic E-state index is 11.2. The van der Waals surface area contributed by atoms with Crippen LogP contribution in [-0.2, 0) is 4.79 Å². The highest BCUT2D eigenvalue weighted by molar-refractivity contribution is 5.89. The minimum atomic E-state index is -1.01. The van der Waals surface area contributed by atoms with Crippen LogP contribution in [0.15, 0.2) is 12.3 Å². The average Bonchev–Trinajstić information content (AvgIpc) is 2.74. The highest BCUT2D eigenvalue weighted by atomic mass is 16.4. The molecule has 1 aromatic rings. The average molecular weight is 253 g/mol. The molecule has 0 radical (unpaired) electrons. The zero-order valence-electron chi connectivity index (χ0n) is 10.9. The monoisotopic (exact) mass is 253 g/mol. The Bertz CT molecular complexity index is 446. The molecule has 1 aromatic heterocycles. The van der Waals surface area contributed by atoms with Gasteiger partial charge in [-0.2, -0.15) is 0 Å². The first-order valence-corrected chi connectivity index (χ1v) is 6.10. The summed E-state index contributed by atoms with van der Waals surface area (Å²) in [5.41, 5.74) is 0.819. The molecule has 1 atom stereocenters. The normalized spacial score (nSPS) is 12.7. The summed E-state index contributed by atoms with van der Waals surface area (Å²) in [6.07, 6.45) is 3.12. The van der Waals surface area contributed by atoms with Crippen molar-refractivity contribution >= 4 is 11.9 Å². The molecule has 0 spiro atoms. The smallest absolute Gasteiger partial charge is 0.337 e. The van der Waals surface area contributed by atoms with E-state index in [2.05, 4.69) is 0 Å². The molecule has 100 valence electrons. The fraction of sp³-hybridized carbons (Fsp3) is 0.538. The summed E-state index contributed by atoms with van der Waals surface area (Å²) >= 11 is 0. The molecule has 0 saturated carbocycles. The van der Waals surface area contributed by atoms with E-state index in [1.165, 1.54) is 6.07 Å². The van der Waals surface area contributed by atoms with Crippen molar-refractivity contribution < 1.29 is 19.8 Å². The molecule has 18 heavy (non-hydrogen) atoms. The summed E-state index contributed by atoms with van der Waals surface area (Å²) in [5, 5.41) is 18.2. The molecule has 0 aliphatic heterocycles. The highest BCUT2D eigenvalue weighted by Crippen LogP contribution is 2.29. The number of aliphatic carboxylic acids is 1. The minimum Gasteiger partial charge on any atom is -0.480 e. The molecule has 2 N–H and O–H groups in total. The van der Waals surface area contributed by atoms with Crippen molar-refractivity contribution in [1.82, 2.24) is 4.57 Å². The van der Waals surface area contributed by atoms with Gasteiger partial charge in [-0.3, -0.25) is 0 Å². The van der Waals surface area contributed by atoms with Gasteiger partial charge in [0.2, 0.25) is 0 Å². The molecule has 0 fully saturated rings. The summed E-state index contributed by atoms with van der Waals surface area (Å²) in [6, 6.07) is 0.726. The van der Waals surface area contributed by atoms with E-state index in [-0.39, 0.29) is 11.5 Å². The second kappa shape index (κ2) is 5.71. The predicted octanol–water partition coefficient (Wildman–Crippen LogP) is 2.74. The van der Waals surface area contributed by atoms with Gasteiger partial charge in [0.05, 0.1) is 5.56 Å². The van der Waals surface area contributed by atoms with Gasteiger partial charge >= 0.3 is 11.9 Å². The summed E-state index contributed by atoms with van der Waals surface area (Å²) in [5.74, 6) is -1.91. The Morgan fingerprint density at radius 1 is 1.28 bits per heavy atom. The number of carbonyl (C=O) groups is 2. The second-order valence-electron chi connectivity index (χ2n) is 4.35. The van der Waals surface area contributed by atoms with Crippen molar-refractivity contribution in [3.63, 3.8) is 0 Å². The van der Waals surface area contributed by atoms with Crippen LogP contribution >= 0.6 is 0 Å². The Kier molecular flexibility index (Phi) is 4.53. The molecule has 0 saturated heterocycles. The van der Waals surface area contributed by atoms with E-state index in [4.69, 9.17) is 5.11 Å². The standard InChI is InChI=1S/C13H19NO4/c1-4-9(5-2)11-10(13(17)18)6-7-14(11)8(3)12(15)16/h6-9H,4-5H2,1-3H3,(H,15,16)(H,17,18). The summed E-state index contributed by atoms with van der Waals surface area (Å²) in [4.78, 5) is 22.3. The van der Waals surface area contributed by atoms with E-state index in [9.17, 15) is 14.7 Å². The molecule has 0 bridgehead atoms. The van der Waals surface area contributed by atoms with E-state index in [0.29, 0.717) is 5.69 Å². The van der Waals surface area contributed by atoms with Crippen molar-refractivity contribution in [2.24, 2.45) is 0 Å². The van der Waals surface area contributed by atoms with Crippen LogP contribution in [0.4, 0.5) is 0 Å². The van der Waals surface area contributed by atoms with Crippen LogP contribution in [0.1, 0.15) is 61.6 Å². The third-order valence-corrected chi connectivity index (χ3v) is 3.33. The van der Waals surface area contributed by atoms with Gasteiger partial charge in [-0.1, -0.05) is 13.8 Å². The van der Waals surface area contributed by atoms with Gasteiger partial charge in [-0.05, 0) is 31.7 Å². The molecule has 5 heteroatoms. The van der Waals surface area contributed by atoms with Crippen molar-refractivity contribution in [3.05, 3.63) is 23.5 Å². The molecular formula is C13H19NO4. The Hall–Kier alpha value is -1.78. The van der Waals surface area contributed by atoms with E-state index in [1.54, 1.807) is 17.7 Å². The molecule has 0 aliphatic rings. The van der Waals surface area contributed by atoms with Gasteiger partial charge in [-0.25, -0.2) is 9.59 Å². The Labute approximate surface area is 106 Å². The Morgan fingerprint density at radius 3 is 2.22 bits per heavy atom. The zero-order valence-corrected chi connectivity index (χ0v) is 10.9. The van der Waals surface area contributed by atoms with Crippen LogP contribution in [0, 0.1) is 0 Å². The van der Waals surface area contributed by atoms with Crippen LogP contribution < -0.4 is 0 Å². The fourth-order valence-corrected chi connectivity index (χ4v) is 2.20. The zero-order chi connectivity index (χ0) is 13.9. The van der Waals surface area contributed by atoms with Crippen LogP contribution in [-0.4, -0.2) is 26.7 Å². The SMILES string of the molecule is CCC(CC)c1c(C(=O)O)ccn1C(C)C(=O)O. The Balaban J connectivity index is 3.35. The first-order valence-electron chi connectivity index (χ1n) is 6.10. The van der Waals surface area contributed by atoms with Gasteiger partial charge in [-0.15, -0.1) is 0 Å². The maximum atomic E-state index is 11.2. The van der Waals surface area contributed by atoms with Crippen LogP contribution in [0.25, 0.3) is 0 Å². The lowest BCUT2D eigenvalue weighted by Crippen LogP contribution is -2.20. The van der Waals surface area contributed by atoms with Crippen molar-refractivity contribution in [2.75, 3.05) is 0 Å². The summed E-state index contributed by atoms with van der Waals surface area (Å²) in [7, 11) is 0. The van der Waals surface area contributed by atoms with Gasteiger partial charge < -0.3 is 14.8 Å². The summed E-state index contributed by atoms with van der Waals surface area (Å²) < 4.78 is 1.56. The predicted molar refractivity (Wildman–Crippen MR) is 67.1 cm³/mol. The topological polar surface area (TPSA) is 79.5 Å². The number of hydrogen-bond donors (Lipinski definition) is 2. The number of aromatic nitrogens is 1. The number of nitrogens with zero attached hydrogens (tertiary/aromatic N) is 1. The summed E-state index contributed by atoms with van der Waals surface area (Å²) in [6.45, 7) is 5.50. The minimum absolute atomic E-state index is 0.0629. The van der Waals surface area contributed by atoms with E-state index >= 15 is 0 Å². The number of hydrogen-bond acceptors (Lipinski definition) is 2. The van der Waals surface area contributed by atoms with E-state index in [0.717, 1.165) is 12.8 Å². The molecule has 5 nitrogen and oxygen atoms in total. The third-order valence-electron chi connectivity index (χ3n) is 3.33. The maximum Gasteiger partial charge on any atom is 0.337 e. The third kappa shape index (κ3) is 2.55. The molecular weight excluding hydrogens is 234 g/mol. The first-order chi connectivity index (χ1) is 8.43. The second-order valence-corrected chi connectivity index (χ2v) is 4.35. The lowest BCUT2D eigenvalue weighted by molar-refractivity contribution is -0.140. The number of rotatable bonds is 6. The van der Waals surface area contributed by atoms with E-state index in [1.807, 2.05) is 13.8 Å². The van der Waals surface area contributed by atoms with Crippen molar-refractivity contribution in [2.45, 2.75) is 45.6 Å². The Morgan fingerprint density at radius 2 is 1.83 bits per heavy atom. The largest absolute Gasteiger partial charge is 0.480 e. The van der Waals surface area contributed by atoms with Crippen molar-refractivity contribution in [3.8, 4) is 0 Å². The lowest BCUT2D eigenvalue weighted by atomic mass is 9.96. The quantitative estimate of drug-likeness (QED) is 0.817. The number of carboxylic acids is 2. The van der Waals surface area contributed by atoms with Gasteiger partial charge in [0, 0.05) is 11.9 Å². The van der Waals surface area contributed by atoms with Gasteiger partial charge in [0.25, 0.3) is 0 Å².